The van der Waals surface area contributed by atoms with Gasteiger partial charge in [-0.15, -0.1) is 0 Å². The molecule has 64 heavy (non-hydrogen) atoms. The highest BCUT2D eigenvalue weighted by molar-refractivity contribution is 6.08. The molecule has 10 rings (SSSR count). The predicted octanol–water partition coefficient (Wildman–Crippen LogP) is 4.38. The smallest absolute Gasteiger partial charge is 0.329 e. The van der Waals surface area contributed by atoms with E-state index in [0.29, 0.717) is 28.2 Å². The number of likely N-dealkylation sites (tertiary alicyclic amines) is 1. The molecule has 5 aliphatic rings. The Morgan fingerprint density at radius 3 is 2.55 bits per heavy atom. The molecule has 0 radical (unpaired) electrons. The SMILES string of the molecule is Cn1c(=O)n(C2CCC(=O)NC2=O)c2cccc(C#CCOC3CCN(CC4CCC(n5cc(NC(=O)c6cnn7ccc(N8C[C@H]9CC[C@@H](C8)O9)nc67)c(C(F)F)n5)CC4)CC3)c21. The number of imide groups is 1. The average molecular weight is 880 g/mol. The summed E-state index contributed by atoms with van der Waals surface area (Å²) in [5.41, 5.74) is 1.63. The number of aryl methyl sites for hydroxylation is 1. The summed E-state index contributed by atoms with van der Waals surface area (Å²) in [6, 6.07) is 6.50. The molecule has 4 aliphatic heterocycles. The molecule has 5 aromatic rings. The third kappa shape index (κ3) is 8.29. The number of halogens is 2. The Hall–Kier alpha value is -5.97. The number of para-hydroxylation sites is 1. The van der Waals surface area contributed by atoms with Crippen LogP contribution in [-0.4, -0.2) is 114 Å². The molecule has 1 aromatic carbocycles. The number of hydrogen-bond acceptors (Lipinski definition) is 11. The second kappa shape index (κ2) is 17.5. The van der Waals surface area contributed by atoms with Crippen molar-refractivity contribution >= 4 is 45.9 Å². The van der Waals surface area contributed by atoms with Crippen molar-refractivity contribution in [1.82, 2.24) is 43.7 Å². The van der Waals surface area contributed by atoms with Crippen LogP contribution in [0.4, 0.5) is 20.3 Å². The number of nitrogens with zero attached hydrogens (tertiary/aromatic N) is 9. The summed E-state index contributed by atoms with van der Waals surface area (Å²) < 4.78 is 46.8. The van der Waals surface area contributed by atoms with Gasteiger partial charge >= 0.3 is 5.69 Å². The van der Waals surface area contributed by atoms with E-state index >= 15 is 0 Å². The number of piperidine rings is 2. The molecule has 1 aliphatic carbocycles. The molecule has 0 spiro atoms. The molecule has 8 heterocycles. The number of alkyl halides is 2. The highest BCUT2D eigenvalue weighted by Gasteiger charge is 2.35. The summed E-state index contributed by atoms with van der Waals surface area (Å²) in [5, 5.41) is 13.6. The molecular formula is C45H51F2N11O6. The van der Waals surface area contributed by atoms with Gasteiger partial charge in [-0.3, -0.25) is 33.5 Å². The van der Waals surface area contributed by atoms with E-state index in [9.17, 15) is 28.0 Å². The van der Waals surface area contributed by atoms with Gasteiger partial charge in [0, 0.05) is 58.6 Å². The molecule has 5 fully saturated rings. The number of carbonyl (C=O) groups is 3. The maximum Gasteiger partial charge on any atom is 0.329 e. The predicted molar refractivity (Wildman–Crippen MR) is 230 cm³/mol. The largest absolute Gasteiger partial charge is 0.371 e. The molecule has 3 atom stereocenters. The van der Waals surface area contributed by atoms with Gasteiger partial charge < -0.3 is 24.6 Å². The fraction of sp³-hybridized carbons (Fsp3) is 0.533. The van der Waals surface area contributed by atoms with Gasteiger partial charge in [-0.2, -0.15) is 10.2 Å². The number of carbonyl (C=O) groups excluding carboxylic acids is 3. The Bertz CT molecular complexity index is 2700. The minimum atomic E-state index is -2.87. The molecule has 17 nitrogen and oxygen atoms in total. The first-order chi connectivity index (χ1) is 31.1. The van der Waals surface area contributed by atoms with Gasteiger partial charge in [0.2, 0.25) is 11.8 Å². The average Bonchev–Trinajstić information content (AvgIpc) is 4.07. The first-order valence-corrected chi connectivity index (χ1v) is 22.4. The second-order valence-corrected chi connectivity index (χ2v) is 17.8. The minimum Gasteiger partial charge on any atom is -0.371 e. The van der Waals surface area contributed by atoms with Gasteiger partial charge in [-0.05, 0) is 81.9 Å². The van der Waals surface area contributed by atoms with Crippen LogP contribution in [0.25, 0.3) is 16.7 Å². The van der Waals surface area contributed by atoms with Crippen LogP contribution in [0.2, 0.25) is 0 Å². The molecule has 1 saturated carbocycles. The lowest BCUT2D eigenvalue weighted by molar-refractivity contribution is -0.135. The van der Waals surface area contributed by atoms with Crippen LogP contribution in [0, 0.1) is 17.8 Å². The van der Waals surface area contributed by atoms with Crippen molar-refractivity contribution < 1.29 is 32.6 Å². The number of rotatable bonds is 10. The van der Waals surface area contributed by atoms with E-state index in [-0.39, 0.29) is 66.7 Å². The number of aromatic nitrogens is 7. The summed E-state index contributed by atoms with van der Waals surface area (Å²) in [6.07, 6.45) is 9.99. The van der Waals surface area contributed by atoms with E-state index in [1.54, 1.807) is 24.0 Å². The van der Waals surface area contributed by atoms with E-state index in [2.05, 4.69) is 42.5 Å². The van der Waals surface area contributed by atoms with E-state index in [1.165, 1.54) is 26.0 Å². The van der Waals surface area contributed by atoms with Crippen molar-refractivity contribution in [3.05, 3.63) is 70.2 Å². The fourth-order valence-corrected chi connectivity index (χ4v) is 10.3. The number of ether oxygens (including phenoxy) is 2. The molecular weight excluding hydrogens is 829 g/mol. The zero-order valence-corrected chi connectivity index (χ0v) is 35.6. The Morgan fingerprint density at radius 1 is 1.02 bits per heavy atom. The van der Waals surface area contributed by atoms with E-state index in [1.807, 2.05) is 18.2 Å². The van der Waals surface area contributed by atoms with E-state index < -0.39 is 30.0 Å². The molecule has 4 saturated heterocycles. The first-order valence-electron chi connectivity index (χ1n) is 22.4. The Labute approximate surface area is 367 Å². The maximum absolute atomic E-state index is 14.3. The van der Waals surface area contributed by atoms with Crippen LogP contribution in [0.1, 0.15) is 104 Å². The molecule has 2 N–H and O–H groups in total. The van der Waals surface area contributed by atoms with Crippen LogP contribution in [0.15, 0.2) is 47.7 Å². The van der Waals surface area contributed by atoms with Crippen LogP contribution in [0.5, 0.6) is 0 Å². The number of morpholine rings is 1. The van der Waals surface area contributed by atoms with Gasteiger partial charge in [0.1, 0.15) is 24.0 Å². The van der Waals surface area contributed by atoms with Crippen LogP contribution >= 0.6 is 0 Å². The zero-order chi connectivity index (χ0) is 44.1. The fourth-order valence-electron chi connectivity index (χ4n) is 10.3. The molecule has 336 valence electrons. The lowest BCUT2D eigenvalue weighted by Gasteiger charge is -2.36. The highest BCUT2D eigenvalue weighted by atomic mass is 19.3. The quantitative estimate of drug-likeness (QED) is 0.151. The third-order valence-electron chi connectivity index (χ3n) is 13.7. The summed E-state index contributed by atoms with van der Waals surface area (Å²) in [7, 11) is 1.66. The van der Waals surface area contributed by atoms with Crippen molar-refractivity contribution in [3.8, 4) is 11.8 Å². The van der Waals surface area contributed by atoms with Gasteiger partial charge in [-0.1, -0.05) is 17.9 Å². The van der Waals surface area contributed by atoms with Crippen molar-refractivity contribution in [3.63, 3.8) is 0 Å². The van der Waals surface area contributed by atoms with Crippen LogP contribution < -0.4 is 21.2 Å². The molecule has 3 amide bonds. The van der Waals surface area contributed by atoms with Crippen molar-refractivity contribution in [2.75, 3.05) is 49.5 Å². The standard InChI is InChI=1S/C45H51F2N11O6/c1-53-40-28(4-2-6-35(40)58(45(53)62)36-13-14-38(59)51-44(36)61)5-3-21-63-30-15-18-54(19-16-30)23-27-7-9-29(10-8-27)57-26-34(39(52-57)41(46)47)49-43(60)33-22-48-56-20-17-37(50-42(33)56)55-24-31-11-12-32(25-55)64-31/h2,4,6,17,20,22,26-27,29-32,36,41H,7-16,18-19,21,23-25H2,1H3,(H,49,60)(H,51,59,61)/t27?,29?,31-,32+,36?. The third-order valence-corrected chi connectivity index (χ3v) is 13.7. The van der Waals surface area contributed by atoms with Crippen LogP contribution in [-0.2, 0) is 26.1 Å². The summed E-state index contributed by atoms with van der Waals surface area (Å²) in [5.74, 6) is 6.11. The molecule has 1 unspecified atom stereocenters. The Balaban J connectivity index is 0.699. The number of benzene rings is 1. The number of hydrogen-bond donors (Lipinski definition) is 2. The monoisotopic (exact) mass is 879 g/mol. The first kappa shape index (κ1) is 42.0. The van der Waals surface area contributed by atoms with Gasteiger partial charge in [0.25, 0.3) is 12.3 Å². The lowest BCUT2D eigenvalue weighted by Crippen LogP contribution is -2.44. The Morgan fingerprint density at radius 2 is 1.80 bits per heavy atom. The lowest BCUT2D eigenvalue weighted by atomic mass is 9.85. The number of anilines is 2. The molecule has 2 bridgehead atoms. The number of imidazole rings is 1. The topological polar surface area (TPSA) is 175 Å². The summed E-state index contributed by atoms with van der Waals surface area (Å²) in [4.78, 5) is 60.5. The summed E-state index contributed by atoms with van der Waals surface area (Å²) in [6.45, 7) is 4.47. The van der Waals surface area contributed by atoms with Gasteiger partial charge in [-0.25, -0.2) is 23.1 Å². The second-order valence-electron chi connectivity index (χ2n) is 17.8. The minimum absolute atomic E-state index is 0.00973. The van der Waals surface area contributed by atoms with Gasteiger partial charge in [0.15, 0.2) is 11.3 Å². The zero-order valence-electron chi connectivity index (χ0n) is 35.6. The van der Waals surface area contributed by atoms with Crippen molar-refractivity contribution in [2.24, 2.45) is 13.0 Å². The highest BCUT2D eigenvalue weighted by Crippen LogP contribution is 2.36. The van der Waals surface area contributed by atoms with E-state index in [0.717, 1.165) is 89.9 Å². The Kier molecular flexibility index (Phi) is 11.5. The van der Waals surface area contributed by atoms with Crippen molar-refractivity contribution in [1.29, 1.82) is 0 Å². The van der Waals surface area contributed by atoms with Gasteiger partial charge in [0.05, 0.1) is 52.8 Å². The maximum atomic E-state index is 14.3. The molecule has 4 aromatic heterocycles. The number of nitrogens with one attached hydrogen (secondary N) is 2. The van der Waals surface area contributed by atoms with E-state index in [4.69, 9.17) is 14.5 Å². The van der Waals surface area contributed by atoms with Crippen LogP contribution in [0.3, 0.4) is 0 Å². The van der Waals surface area contributed by atoms with Crippen molar-refractivity contribution in [2.45, 2.75) is 101 Å². The summed E-state index contributed by atoms with van der Waals surface area (Å²) >= 11 is 0. The number of fused-ring (bicyclic) bond motifs is 4. The number of amides is 3. The molecule has 19 heteroatoms. The normalized spacial score (nSPS) is 24.4.